The van der Waals surface area contributed by atoms with Gasteiger partial charge in [0.2, 0.25) is 5.88 Å². The van der Waals surface area contributed by atoms with Crippen molar-refractivity contribution in [1.29, 1.82) is 0 Å². The number of alkyl halides is 3. The highest BCUT2D eigenvalue weighted by Gasteiger charge is 2.38. The SMILES string of the molecule is CCCOC(=O)N1CCN(c2cccc(O[C@H]3CC[C@H](Nc4ccc([N+](=O)[O-])c(C(F)(F)F)c4)CC3)n2)CC1. The van der Waals surface area contributed by atoms with Crippen LogP contribution < -0.4 is 15.0 Å². The molecule has 39 heavy (non-hydrogen) atoms. The summed E-state index contributed by atoms with van der Waals surface area (Å²) in [4.78, 5) is 30.5. The van der Waals surface area contributed by atoms with Crippen molar-refractivity contribution in [2.24, 2.45) is 0 Å². The number of nitrogens with one attached hydrogen (secondary N) is 1. The number of halogens is 3. The summed E-state index contributed by atoms with van der Waals surface area (Å²) >= 11 is 0. The van der Waals surface area contributed by atoms with Gasteiger partial charge in [-0.1, -0.05) is 13.0 Å². The van der Waals surface area contributed by atoms with E-state index in [1.807, 2.05) is 19.1 Å². The molecule has 1 N–H and O–H groups in total. The lowest BCUT2D eigenvalue weighted by atomic mass is 9.92. The fourth-order valence-electron chi connectivity index (χ4n) is 4.79. The van der Waals surface area contributed by atoms with E-state index in [2.05, 4.69) is 15.2 Å². The van der Waals surface area contributed by atoms with Crippen molar-refractivity contribution in [3.05, 3.63) is 52.1 Å². The van der Waals surface area contributed by atoms with E-state index >= 15 is 0 Å². The highest BCUT2D eigenvalue weighted by molar-refractivity contribution is 5.68. The molecule has 2 aliphatic rings. The number of nitro benzene ring substituents is 1. The van der Waals surface area contributed by atoms with E-state index in [-0.39, 0.29) is 23.9 Å². The molecule has 2 heterocycles. The molecule has 1 aromatic carbocycles. The first-order chi connectivity index (χ1) is 18.6. The van der Waals surface area contributed by atoms with Gasteiger partial charge >= 0.3 is 12.3 Å². The molecular formula is C26H32F3N5O5. The van der Waals surface area contributed by atoms with Crippen molar-refractivity contribution in [1.82, 2.24) is 9.88 Å². The van der Waals surface area contributed by atoms with Crippen LogP contribution in [-0.2, 0) is 10.9 Å². The van der Waals surface area contributed by atoms with Crippen LogP contribution in [0.25, 0.3) is 0 Å². The van der Waals surface area contributed by atoms with Gasteiger partial charge in [-0.25, -0.2) is 4.79 Å². The number of carbonyl (C=O) groups is 1. The van der Waals surface area contributed by atoms with Gasteiger partial charge < -0.3 is 24.6 Å². The molecule has 1 aliphatic carbocycles. The molecule has 1 aliphatic heterocycles. The van der Waals surface area contributed by atoms with Gasteiger partial charge in [-0.2, -0.15) is 18.2 Å². The number of hydrogen-bond acceptors (Lipinski definition) is 8. The largest absolute Gasteiger partial charge is 0.474 e. The number of carbonyl (C=O) groups excluding carboxylic acids is 1. The predicted octanol–water partition coefficient (Wildman–Crippen LogP) is 5.48. The Hall–Kier alpha value is -3.77. The zero-order valence-corrected chi connectivity index (χ0v) is 21.7. The quantitative estimate of drug-likeness (QED) is 0.339. The van der Waals surface area contributed by atoms with Crippen LogP contribution in [0.4, 0.5) is 35.2 Å². The zero-order chi connectivity index (χ0) is 28.0. The van der Waals surface area contributed by atoms with Gasteiger partial charge in [0.1, 0.15) is 17.5 Å². The molecule has 0 spiro atoms. The van der Waals surface area contributed by atoms with E-state index in [0.717, 1.165) is 24.4 Å². The van der Waals surface area contributed by atoms with E-state index in [1.54, 1.807) is 11.0 Å². The van der Waals surface area contributed by atoms with Crippen LogP contribution in [0.5, 0.6) is 5.88 Å². The lowest BCUT2D eigenvalue weighted by Gasteiger charge is -2.35. The number of aromatic nitrogens is 1. The molecule has 0 radical (unpaired) electrons. The molecule has 13 heteroatoms. The number of piperazine rings is 1. The minimum atomic E-state index is -4.82. The van der Waals surface area contributed by atoms with Crippen LogP contribution in [-0.4, -0.2) is 65.8 Å². The summed E-state index contributed by atoms with van der Waals surface area (Å²) in [6.45, 7) is 4.72. The van der Waals surface area contributed by atoms with Crippen LogP contribution in [0, 0.1) is 10.1 Å². The number of nitro groups is 1. The Morgan fingerprint density at radius 1 is 1.13 bits per heavy atom. The summed E-state index contributed by atoms with van der Waals surface area (Å²) in [5.74, 6) is 1.27. The van der Waals surface area contributed by atoms with Crippen LogP contribution in [0.1, 0.15) is 44.6 Å². The first-order valence-corrected chi connectivity index (χ1v) is 13.1. The lowest BCUT2D eigenvalue weighted by Crippen LogP contribution is -2.49. The molecule has 0 atom stereocenters. The number of rotatable bonds is 8. The van der Waals surface area contributed by atoms with Gasteiger partial charge in [0.25, 0.3) is 5.69 Å². The number of nitrogens with zero attached hydrogens (tertiary/aromatic N) is 4. The predicted molar refractivity (Wildman–Crippen MR) is 138 cm³/mol. The van der Waals surface area contributed by atoms with Crippen LogP contribution in [0.2, 0.25) is 0 Å². The minimum absolute atomic E-state index is 0.0769. The van der Waals surface area contributed by atoms with Crippen molar-refractivity contribution in [3.63, 3.8) is 0 Å². The van der Waals surface area contributed by atoms with Crippen molar-refractivity contribution in [2.75, 3.05) is 43.0 Å². The highest BCUT2D eigenvalue weighted by Crippen LogP contribution is 2.38. The number of hydrogen-bond donors (Lipinski definition) is 1. The average Bonchev–Trinajstić information content (AvgIpc) is 2.92. The fourth-order valence-corrected chi connectivity index (χ4v) is 4.79. The number of anilines is 2. The van der Waals surface area contributed by atoms with Crippen molar-refractivity contribution in [3.8, 4) is 5.88 Å². The zero-order valence-electron chi connectivity index (χ0n) is 21.7. The van der Waals surface area contributed by atoms with Crippen LogP contribution in [0.15, 0.2) is 36.4 Å². The number of pyridine rings is 1. The Balaban J connectivity index is 1.27. The normalized spacial score (nSPS) is 19.9. The lowest BCUT2D eigenvalue weighted by molar-refractivity contribution is -0.388. The van der Waals surface area contributed by atoms with Crippen LogP contribution in [0.3, 0.4) is 0 Å². The Bertz CT molecular complexity index is 1150. The van der Waals surface area contributed by atoms with Gasteiger partial charge in [-0.3, -0.25) is 10.1 Å². The topological polar surface area (TPSA) is 110 Å². The first kappa shape index (κ1) is 28.2. The molecule has 212 valence electrons. The molecule has 1 aromatic heterocycles. The summed E-state index contributed by atoms with van der Waals surface area (Å²) in [6, 6.07) is 8.48. The molecule has 2 fully saturated rings. The maximum absolute atomic E-state index is 13.3. The third-order valence-corrected chi connectivity index (χ3v) is 6.83. The maximum Gasteiger partial charge on any atom is 0.423 e. The molecule has 0 bridgehead atoms. The molecule has 1 amide bonds. The summed E-state index contributed by atoms with van der Waals surface area (Å²) in [6.07, 6.45) is -1.72. The second-order valence-corrected chi connectivity index (χ2v) is 9.65. The minimum Gasteiger partial charge on any atom is -0.474 e. The van der Waals surface area contributed by atoms with E-state index < -0.39 is 22.4 Å². The Morgan fingerprint density at radius 3 is 2.49 bits per heavy atom. The number of amides is 1. The third kappa shape index (κ3) is 7.42. The summed E-state index contributed by atoms with van der Waals surface area (Å²) in [7, 11) is 0. The fraction of sp³-hybridized carbons (Fsp3) is 0.538. The Kier molecular flexibility index (Phi) is 8.97. The second kappa shape index (κ2) is 12.4. The van der Waals surface area contributed by atoms with Crippen molar-refractivity contribution in [2.45, 2.75) is 57.3 Å². The van der Waals surface area contributed by atoms with E-state index in [9.17, 15) is 28.1 Å². The molecule has 1 saturated heterocycles. The van der Waals surface area contributed by atoms with Gasteiger partial charge in [0, 0.05) is 50.0 Å². The average molecular weight is 552 g/mol. The van der Waals surface area contributed by atoms with E-state index in [4.69, 9.17) is 9.47 Å². The molecular weight excluding hydrogens is 519 g/mol. The van der Waals surface area contributed by atoms with Crippen molar-refractivity contribution < 1.29 is 32.4 Å². The van der Waals surface area contributed by atoms with Gasteiger partial charge in [-0.15, -0.1) is 0 Å². The molecule has 4 rings (SSSR count). The summed E-state index contributed by atoms with van der Waals surface area (Å²) in [5, 5.41) is 14.1. The third-order valence-electron chi connectivity index (χ3n) is 6.83. The number of ether oxygens (including phenoxy) is 2. The second-order valence-electron chi connectivity index (χ2n) is 9.65. The molecule has 0 unspecified atom stereocenters. The summed E-state index contributed by atoms with van der Waals surface area (Å²) < 4.78 is 51.2. The highest BCUT2D eigenvalue weighted by atomic mass is 19.4. The monoisotopic (exact) mass is 551 g/mol. The number of benzene rings is 1. The Labute approximate surface area is 224 Å². The van der Waals surface area contributed by atoms with E-state index in [0.29, 0.717) is 64.3 Å². The standard InChI is InChI=1S/C26H32F3N5O5/c1-2-16-38-25(35)33-14-12-32(13-15-33)23-4-3-5-24(31-23)39-20-9-6-18(7-10-20)30-19-8-11-22(34(36)37)21(17-19)26(27,28)29/h3-5,8,11,17-18,20,30H,2,6-7,9-10,12-16H2,1H3/t18-,20-. The van der Waals surface area contributed by atoms with Gasteiger partial charge in [0.05, 0.1) is 11.5 Å². The first-order valence-electron chi connectivity index (χ1n) is 13.1. The van der Waals surface area contributed by atoms with Gasteiger partial charge in [-0.05, 0) is 50.3 Å². The smallest absolute Gasteiger partial charge is 0.423 e. The van der Waals surface area contributed by atoms with E-state index in [1.165, 1.54) is 6.07 Å². The maximum atomic E-state index is 13.3. The van der Waals surface area contributed by atoms with Crippen molar-refractivity contribution >= 4 is 23.3 Å². The molecule has 2 aromatic rings. The van der Waals surface area contributed by atoms with Crippen LogP contribution >= 0.6 is 0 Å². The summed E-state index contributed by atoms with van der Waals surface area (Å²) in [5.41, 5.74) is -2.03. The molecule has 10 nitrogen and oxygen atoms in total. The Morgan fingerprint density at radius 2 is 1.85 bits per heavy atom. The molecule has 1 saturated carbocycles. The van der Waals surface area contributed by atoms with Gasteiger partial charge in [0.15, 0.2) is 0 Å².